The number of rotatable bonds is 5. The highest BCUT2D eigenvalue weighted by Gasteiger charge is 2.10. The molecule has 0 radical (unpaired) electrons. The molecule has 0 fully saturated rings. The molecule has 0 bridgehead atoms. The van der Waals surface area contributed by atoms with E-state index in [-0.39, 0.29) is 5.91 Å². The lowest BCUT2D eigenvalue weighted by molar-refractivity contribution is 0.102. The number of anilines is 3. The Kier molecular flexibility index (Phi) is 5.11. The van der Waals surface area contributed by atoms with Crippen LogP contribution < -0.4 is 15.4 Å². The highest BCUT2D eigenvalue weighted by molar-refractivity contribution is 6.34. The second kappa shape index (κ2) is 7.63. The minimum Gasteiger partial charge on any atom is -0.497 e. The minimum atomic E-state index is -0.337. The van der Waals surface area contributed by atoms with Gasteiger partial charge in [-0.1, -0.05) is 23.7 Å². The van der Waals surface area contributed by atoms with E-state index in [4.69, 9.17) is 16.3 Å². The number of carbonyl (C=O) groups is 1. The van der Waals surface area contributed by atoms with Gasteiger partial charge in [0.15, 0.2) is 11.6 Å². The number of hydrogen-bond donors (Lipinski definition) is 2. The van der Waals surface area contributed by atoms with Crippen LogP contribution in [0.3, 0.4) is 0 Å². The standard InChI is InChI=1S/C18H15ClN4O2/c1-25-13-8-6-12(7-9-13)20-16-10-11-17(23-22-16)21-18(24)14-4-2-3-5-15(14)19/h2-11H,1H3,(H,20,22)(H,21,23,24). The summed E-state index contributed by atoms with van der Waals surface area (Å²) in [6.07, 6.45) is 0. The van der Waals surface area contributed by atoms with Gasteiger partial charge >= 0.3 is 0 Å². The monoisotopic (exact) mass is 354 g/mol. The summed E-state index contributed by atoms with van der Waals surface area (Å²) < 4.78 is 5.11. The van der Waals surface area contributed by atoms with Crippen molar-refractivity contribution >= 4 is 34.8 Å². The molecule has 7 heteroatoms. The fourth-order valence-corrected chi connectivity index (χ4v) is 2.34. The van der Waals surface area contributed by atoms with Crippen LogP contribution in [0.1, 0.15) is 10.4 Å². The van der Waals surface area contributed by atoms with Crippen LogP contribution in [0.15, 0.2) is 60.7 Å². The second-order valence-electron chi connectivity index (χ2n) is 5.09. The van der Waals surface area contributed by atoms with Crippen LogP contribution in [-0.4, -0.2) is 23.2 Å². The number of hydrogen-bond acceptors (Lipinski definition) is 5. The first kappa shape index (κ1) is 16.7. The van der Waals surface area contributed by atoms with Crippen LogP contribution in [0, 0.1) is 0 Å². The van der Waals surface area contributed by atoms with Crippen molar-refractivity contribution < 1.29 is 9.53 Å². The average Bonchev–Trinajstić information content (AvgIpc) is 2.64. The van der Waals surface area contributed by atoms with E-state index >= 15 is 0 Å². The first-order valence-corrected chi connectivity index (χ1v) is 7.84. The maximum Gasteiger partial charge on any atom is 0.258 e. The number of amides is 1. The molecule has 3 aromatic rings. The lowest BCUT2D eigenvalue weighted by Crippen LogP contribution is -2.14. The zero-order chi connectivity index (χ0) is 17.6. The summed E-state index contributed by atoms with van der Waals surface area (Å²) in [6, 6.07) is 17.6. The van der Waals surface area contributed by atoms with Gasteiger partial charge in [-0.25, -0.2) is 0 Å². The van der Waals surface area contributed by atoms with Crippen LogP contribution in [0.2, 0.25) is 5.02 Å². The van der Waals surface area contributed by atoms with Crippen LogP contribution in [0.4, 0.5) is 17.3 Å². The van der Waals surface area contributed by atoms with Crippen LogP contribution >= 0.6 is 11.6 Å². The number of halogens is 1. The molecule has 0 aliphatic carbocycles. The summed E-state index contributed by atoms with van der Waals surface area (Å²) in [6.45, 7) is 0. The summed E-state index contributed by atoms with van der Waals surface area (Å²) in [5.41, 5.74) is 1.23. The van der Waals surface area contributed by atoms with Gasteiger partial charge in [-0.2, -0.15) is 0 Å². The normalized spacial score (nSPS) is 10.2. The predicted molar refractivity (Wildman–Crippen MR) is 97.7 cm³/mol. The number of aromatic nitrogens is 2. The van der Waals surface area contributed by atoms with Crippen molar-refractivity contribution in [1.82, 2.24) is 10.2 Å². The van der Waals surface area contributed by atoms with Gasteiger partial charge in [-0.15, -0.1) is 10.2 Å². The Balaban J connectivity index is 1.65. The molecule has 126 valence electrons. The third kappa shape index (κ3) is 4.24. The smallest absolute Gasteiger partial charge is 0.258 e. The second-order valence-corrected chi connectivity index (χ2v) is 5.50. The van der Waals surface area contributed by atoms with Crippen molar-refractivity contribution in [3.8, 4) is 5.75 Å². The largest absolute Gasteiger partial charge is 0.497 e. The number of nitrogens with zero attached hydrogens (tertiary/aromatic N) is 2. The van der Waals surface area contributed by atoms with Crippen molar-refractivity contribution in [2.45, 2.75) is 0 Å². The number of carbonyl (C=O) groups excluding carboxylic acids is 1. The third-order valence-corrected chi connectivity index (χ3v) is 3.72. The molecule has 6 nitrogen and oxygen atoms in total. The molecule has 1 heterocycles. The summed E-state index contributed by atoms with van der Waals surface area (Å²) in [4.78, 5) is 12.2. The van der Waals surface area contributed by atoms with Crippen LogP contribution in [0.5, 0.6) is 5.75 Å². The van der Waals surface area contributed by atoms with Gasteiger partial charge in [-0.3, -0.25) is 4.79 Å². The number of nitrogens with one attached hydrogen (secondary N) is 2. The maximum absolute atomic E-state index is 12.2. The highest BCUT2D eigenvalue weighted by atomic mass is 35.5. The molecule has 0 atom stereocenters. The minimum absolute atomic E-state index is 0.337. The van der Waals surface area contributed by atoms with E-state index in [1.165, 1.54) is 0 Å². The molecule has 2 aromatic carbocycles. The van der Waals surface area contributed by atoms with Gasteiger partial charge in [-0.05, 0) is 48.5 Å². The van der Waals surface area contributed by atoms with Crippen molar-refractivity contribution in [2.75, 3.05) is 17.7 Å². The molecule has 0 saturated carbocycles. The Bertz CT molecular complexity index is 867. The topological polar surface area (TPSA) is 76.1 Å². The Labute approximate surface area is 149 Å². The highest BCUT2D eigenvalue weighted by Crippen LogP contribution is 2.19. The zero-order valence-electron chi connectivity index (χ0n) is 13.4. The Morgan fingerprint density at radius 3 is 2.28 bits per heavy atom. The Morgan fingerprint density at radius 2 is 1.64 bits per heavy atom. The van der Waals surface area contributed by atoms with Gasteiger partial charge in [0.1, 0.15) is 5.75 Å². The van der Waals surface area contributed by atoms with Gasteiger partial charge in [0.25, 0.3) is 5.91 Å². The Hall–Kier alpha value is -3.12. The van der Waals surface area contributed by atoms with Gasteiger partial charge in [0, 0.05) is 5.69 Å². The van der Waals surface area contributed by atoms with Crippen molar-refractivity contribution in [3.63, 3.8) is 0 Å². The molecule has 25 heavy (non-hydrogen) atoms. The summed E-state index contributed by atoms with van der Waals surface area (Å²) >= 11 is 6.01. The fourth-order valence-electron chi connectivity index (χ4n) is 2.12. The van der Waals surface area contributed by atoms with E-state index < -0.39 is 0 Å². The molecule has 0 unspecified atom stereocenters. The number of methoxy groups -OCH3 is 1. The van der Waals surface area contributed by atoms with E-state index in [0.717, 1.165) is 11.4 Å². The molecule has 0 aliphatic heterocycles. The molecular weight excluding hydrogens is 340 g/mol. The molecule has 1 amide bonds. The van der Waals surface area contributed by atoms with Crippen molar-refractivity contribution in [3.05, 3.63) is 71.2 Å². The third-order valence-electron chi connectivity index (χ3n) is 3.39. The molecule has 0 spiro atoms. The summed E-state index contributed by atoms with van der Waals surface area (Å²) in [5, 5.41) is 14.2. The molecule has 1 aromatic heterocycles. The summed E-state index contributed by atoms with van der Waals surface area (Å²) in [5.74, 6) is 1.33. The van der Waals surface area contributed by atoms with Gasteiger partial charge in [0.2, 0.25) is 0 Å². The van der Waals surface area contributed by atoms with Gasteiger partial charge in [0.05, 0.1) is 17.7 Å². The van der Waals surface area contributed by atoms with E-state index in [0.29, 0.717) is 22.2 Å². The number of ether oxygens (including phenoxy) is 1. The van der Waals surface area contributed by atoms with E-state index in [2.05, 4.69) is 20.8 Å². The molecule has 2 N–H and O–H groups in total. The van der Waals surface area contributed by atoms with E-state index in [9.17, 15) is 4.79 Å². The van der Waals surface area contributed by atoms with Crippen molar-refractivity contribution in [2.24, 2.45) is 0 Å². The molecule has 0 aliphatic rings. The first-order valence-electron chi connectivity index (χ1n) is 7.46. The number of benzene rings is 2. The van der Waals surface area contributed by atoms with E-state index in [1.807, 2.05) is 24.3 Å². The molecule has 0 saturated heterocycles. The van der Waals surface area contributed by atoms with Crippen molar-refractivity contribution in [1.29, 1.82) is 0 Å². The van der Waals surface area contributed by atoms with Crippen LogP contribution in [0.25, 0.3) is 0 Å². The average molecular weight is 355 g/mol. The van der Waals surface area contributed by atoms with E-state index in [1.54, 1.807) is 43.5 Å². The first-order chi connectivity index (χ1) is 12.2. The molecular formula is C18H15ClN4O2. The Morgan fingerprint density at radius 1 is 0.960 bits per heavy atom. The SMILES string of the molecule is COc1ccc(Nc2ccc(NC(=O)c3ccccc3Cl)nn2)cc1. The summed E-state index contributed by atoms with van der Waals surface area (Å²) in [7, 11) is 1.61. The quantitative estimate of drug-likeness (QED) is 0.720. The maximum atomic E-state index is 12.2. The van der Waals surface area contributed by atoms with Crippen LogP contribution in [-0.2, 0) is 0 Å². The molecule has 3 rings (SSSR count). The lowest BCUT2D eigenvalue weighted by Gasteiger charge is -2.08. The fraction of sp³-hybridized carbons (Fsp3) is 0.0556. The van der Waals surface area contributed by atoms with Gasteiger partial charge < -0.3 is 15.4 Å². The lowest BCUT2D eigenvalue weighted by atomic mass is 10.2. The zero-order valence-corrected chi connectivity index (χ0v) is 14.1. The predicted octanol–water partition coefficient (Wildman–Crippen LogP) is 4.13.